The molecule has 10 heavy (non-hydrogen) atoms. The fourth-order valence-electron chi connectivity index (χ4n) is 0.989. The van der Waals surface area contributed by atoms with Gasteiger partial charge in [-0.1, -0.05) is 0 Å². The topological polar surface area (TPSA) is 38.7 Å². The molecule has 0 aromatic rings. The van der Waals surface area contributed by atoms with Crippen LogP contribution in [0.15, 0.2) is 0 Å². The van der Waals surface area contributed by atoms with Gasteiger partial charge in [-0.2, -0.15) is 0 Å². The van der Waals surface area contributed by atoms with E-state index < -0.39 is 0 Å². The summed E-state index contributed by atoms with van der Waals surface area (Å²) in [6.45, 7) is 3.56. The van der Waals surface area contributed by atoms with Crippen LogP contribution in [0.5, 0.6) is 0 Å². The molecule has 0 aromatic heterocycles. The Balaban J connectivity index is 2.13. The molecule has 0 amide bonds. The van der Waals surface area contributed by atoms with Crippen LogP contribution in [0, 0.1) is 5.92 Å². The van der Waals surface area contributed by atoms with Gasteiger partial charge in [-0.15, -0.1) is 0 Å². The molecule has 1 heterocycles. The molecule has 1 saturated heterocycles. The van der Waals surface area contributed by atoms with E-state index in [-0.39, 0.29) is 12.9 Å². The molecular weight excluding hydrogens is 132 g/mol. The van der Waals surface area contributed by atoms with Crippen LogP contribution in [0.4, 0.5) is 0 Å². The first-order valence-corrected chi connectivity index (χ1v) is 3.67. The molecule has 3 nitrogen and oxygen atoms in total. The number of hydrogen-bond donors (Lipinski definition) is 1. The van der Waals surface area contributed by atoms with E-state index in [1.165, 1.54) is 0 Å². The molecule has 0 bridgehead atoms. The zero-order chi connectivity index (χ0) is 7.40. The Labute approximate surface area is 60.9 Å². The van der Waals surface area contributed by atoms with E-state index in [4.69, 9.17) is 14.6 Å². The van der Waals surface area contributed by atoms with Crippen LogP contribution in [0.2, 0.25) is 0 Å². The zero-order valence-corrected chi connectivity index (χ0v) is 6.25. The van der Waals surface area contributed by atoms with E-state index in [1.807, 2.05) is 6.92 Å². The van der Waals surface area contributed by atoms with Crippen LogP contribution in [0.25, 0.3) is 0 Å². The molecule has 1 N–H and O–H groups in total. The maximum atomic E-state index is 8.57. The average Bonchev–Trinajstić information content (AvgIpc) is 1.95. The smallest absolute Gasteiger partial charge is 0.154 e. The van der Waals surface area contributed by atoms with Crippen LogP contribution in [-0.4, -0.2) is 31.2 Å². The summed E-state index contributed by atoms with van der Waals surface area (Å²) >= 11 is 0. The van der Waals surface area contributed by atoms with E-state index in [0.29, 0.717) is 5.92 Å². The molecule has 3 heteroatoms. The van der Waals surface area contributed by atoms with Gasteiger partial charge in [0, 0.05) is 12.5 Å². The Bertz CT molecular complexity index is 86.9. The first-order chi connectivity index (χ1) is 4.83. The monoisotopic (exact) mass is 146 g/mol. The van der Waals surface area contributed by atoms with Crippen LogP contribution in [0.1, 0.15) is 13.3 Å². The normalized spacial score (nSPS) is 34.2. The molecular formula is C7H14O3. The molecule has 0 aromatic carbocycles. The SMILES string of the molecule is CC1OCC(CCO)CO1. The van der Waals surface area contributed by atoms with Gasteiger partial charge in [-0.05, 0) is 13.3 Å². The molecule has 1 aliphatic heterocycles. The molecule has 1 fully saturated rings. The van der Waals surface area contributed by atoms with E-state index in [2.05, 4.69) is 0 Å². The molecule has 0 radical (unpaired) electrons. The van der Waals surface area contributed by atoms with Gasteiger partial charge in [0.15, 0.2) is 6.29 Å². The van der Waals surface area contributed by atoms with Gasteiger partial charge in [-0.3, -0.25) is 0 Å². The second-order valence-corrected chi connectivity index (χ2v) is 2.61. The molecule has 1 aliphatic rings. The lowest BCUT2D eigenvalue weighted by Crippen LogP contribution is -2.30. The van der Waals surface area contributed by atoms with Crippen molar-refractivity contribution in [2.24, 2.45) is 5.92 Å². The Morgan fingerprint density at radius 1 is 1.40 bits per heavy atom. The second-order valence-electron chi connectivity index (χ2n) is 2.61. The summed E-state index contributed by atoms with van der Waals surface area (Å²) in [6, 6.07) is 0. The highest BCUT2D eigenvalue weighted by Gasteiger charge is 2.17. The second kappa shape index (κ2) is 3.91. The highest BCUT2D eigenvalue weighted by molar-refractivity contribution is 4.60. The summed E-state index contributed by atoms with van der Waals surface area (Å²) in [4.78, 5) is 0. The molecule has 0 spiro atoms. The third kappa shape index (κ3) is 2.25. The van der Waals surface area contributed by atoms with Crippen molar-refractivity contribution in [3.8, 4) is 0 Å². The van der Waals surface area contributed by atoms with Crippen LogP contribution >= 0.6 is 0 Å². The molecule has 0 unspecified atom stereocenters. The van der Waals surface area contributed by atoms with Gasteiger partial charge in [0.25, 0.3) is 0 Å². The van der Waals surface area contributed by atoms with Gasteiger partial charge in [0.05, 0.1) is 13.2 Å². The van der Waals surface area contributed by atoms with Gasteiger partial charge in [-0.25, -0.2) is 0 Å². The molecule has 0 aliphatic carbocycles. The summed E-state index contributed by atoms with van der Waals surface area (Å²) < 4.78 is 10.4. The lowest BCUT2D eigenvalue weighted by atomic mass is 10.1. The maximum absolute atomic E-state index is 8.57. The van der Waals surface area contributed by atoms with Crippen LogP contribution in [-0.2, 0) is 9.47 Å². The van der Waals surface area contributed by atoms with Gasteiger partial charge in [0.2, 0.25) is 0 Å². The average molecular weight is 146 g/mol. The van der Waals surface area contributed by atoms with Gasteiger partial charge < -0.3 is 14.6 Å². The van der Waals surface area contributed by atoms with Crippen molar-refractivity contribution < 1.29 is 14.6 Å². The van der Waals surface area contributed by atoms with Crippen LogP contribution in [0.3, 0.4) is 0 Å². The quantitative estimate of drug-likeness (QED) is 0.612. The third-order valence-electron chi connectivity index (χ3n) is 1.67. The number of hydrogen-bond acceptors (Lipinski definition) is 3. The molecule has 0 saturated carbocycles. The third-order valence-corrected chi connectivity index (χ3v) is 1.67. The van der Waals surface area contributed by atoms with Crippen molar-refractivity contribution in [1.82, 2.24) is 0 Å². The molecule has 0 atom stereocenters. The highest BCUT2D eigenvalue weighted by atomic mass is 16.7. The van der Waals surface area contributed by atoms with E-state index >= 15 is 0 Å². The van der Waals surface area contributed by atoms with E-state index in [0.717, 1.165) is 19.6 Å². The zero-order valence-electron chi connectivity index (χ0n) is 6.25. The Kier molecular flexibility index (Phi) is 3.12. The summed E-state index contributed by atoms with van der Waals surface area (Å²) in [5, 5.41) is 8.57. The Morgan fingerprint density at radius 2 is 2.00 bits per heavy atom. The number of rotatable bonds is 2. The number of aliphatic hydroxyl groups excluding tert-OH is 1. The summed E-state index contributed by atoms with van der Waals surface area (Å²) in [6.07, 6.45) is 0.724. The Morgan fingerprint density at radius 3 is 2.50 bits per heavy atom. The van der Waals surface area contributed by atoms with Crippen molar-refractivity contribution in [2.75, 3.05) is 19.8 Å². The number of ether oxygens (including phenoxy) is 2. The standard InChI is InChI=1S/C7H14O3/c1-6-9-4-7(2-3-8)5-10-6/h6-8H,2-5H2,1H3. The van der Waals surface area contributed by atoms with Crippen LogP contribution < -0.4 is 0 Å². The first-order valence-electron chi connectivity index (χ1n) is 3.67. The van der Waals surface area contributed by atoms with Crippen molar-refractivity contribution >= 4 is 0 Å². The summed E-state index contributed by atoms with van der Waals surface area (Å²) in [5.74, 6) is 0.390. The van der Waals surface area contributed by atoms with Crippen molar-refractivity contribution in [3.63, 3.8) is 0 Å². The van der Waals surface area contributed by atoms with Crippen molar-refractivity contribution in [1.29, 1.82) is 0 Å². The van der Waals surface area contributed by atoms with Gasteiger partial charge in [0.1, 0.15) is 0 Å². The summed E-state index contributed by atoms with van der Waals surface area (Å²) in [5.41, 5.74) is 0. The van der Waals surface area contributed by atoms with E-state index in [1.54, 1.807) is 0 Å². The minimum Gasteiger partial charge on any atom is -0.396 e. The van der Waals surface area contributed by atoms with Crippen molar-refractivity contribution in [2.45, 2.75) is 19.6 Å². The minimum atomic E-state index is -0.0602. The summed E-state index contributed by atoms with van der Waals surface area (Å²) in [7, 11) is 0. The predicted octanol–water partition coefficient (Wildman–Crippen LogP) is 0.378. The fourth-order valence-corrected chi connectivity index (χ4v) is 0.989. The first kappa shape index (κ1) is 7.98. The minimum absolute atomic E-state index is 0.0602. The molecule has 1 rings (SSSR count). The largest absolute Gasteiger partial charge is 0.396 e. The molecule has 60 valence electrons. The highest BCUT2D eigenvalue weighted by Crippen LogP contribution is 2.12. The van der Waals surface area contributed by atoms with Crippen molar-refractivity contribution in [3.05, 3.63) is 0 Å². The fraction of sp³-hybridized carbons (Fsp3) is 1.00. The lowest BCUT2D eigenvalue weighted by molar-refractivity contribution is -0.192. The van der Waals surface area contributed by atoms with Gasteiger partial charge >= 0.3 is 0 Å². The Hall–Kier alpha value is -0.120. The predicted molar refractivity (Wildman–Crippen MR) is 36.6 cm³/mol. The lowest BCUT2D eigenvalue weighted by Gasteiger charge is -2.26. The number of aliphatic hydroxyl groups is 1. The maximum Gasteiger partial charge on any atom is 0.154 e. The van der Waals surface area contributed by atoms with E-state index in [9.17, 15) is 0 Å².